The van der Waals surface area contributed by atoms with Gasteiger partial charge in [0.15, 0.2) is 11.8 Å². The number of aromatic nitrogens is 3. The van der Waals surface area contributed by atoms with E-state index in [2.05, 4.69) is 4.98 Å². The molecule has 0 bridgehead atoms. The van der Waals surface area contributed by atoms with Gasteiger partial charge in [0.05, 0.1) is 17.0 Å². The van der Waals surface area contributed by atoms with Crippen molar-refractivity contribution in [2.75, 3.05) is 0 Å². The van der Waals surface area contributed by atoms with E-state index in [-0.39, 0.29) is 5.75 Å². The van der Waals surface area contributed by atoms with E-state index in [4.69, 9.17) is 9.84 Å². The van der Waals surface area contributed by atoms with Crippen LogP contribution in [-0.4, -0.2) is 36.4 Å². The van der Waals surface area contributed by atoms with Crippen molar-refractivity contribution in [3.63, 3.8) is 0 Å². The largest absolute Gasteiger partial charge is 0.508 e. The maximum Gasteiger partial charge on any atom is 0.337 e. The van der Waals surface area contributed by atoms with Gasteiger partial charge in [-0.25, -0.2) is 14.3 Å². The quantitative estimate of drug-likeness (QED) is 0.461. The molecule has 0 aliphatic rings. The first-order valence-corrected chi connectivity index (χ1v) is 10.3. The van der Waals surface area contributed by atoms with Gasteiger partial charge in [-0.15, -0.1) is 0 Å². The zero-order valence-corrected chi connectivity index (χ0v) is 18.4. The fraction of sp³-hybridized carbons (Fsp3) is 0.240. The van der Waals surface area contributed by atoms with Crippen LogP contribution in [-0.2, 0) is 9.53 Å². The average Bonchev–Trinajstić information content (AvgIpc) is 3.14. The summed E-state index contributed by atoms with van der Waals surface area (Å²) in [6.45, 7) is 7.18. The fourth-order valence-electron chi connectivity index (χ4n) is 3.71. The second-order valence-corrected chi connectivity index (χ2v) is 8.62. The number of aryl methyl sites for hydroxylation is 1. The van der Waals surface area contributed by atoms with Gasteiger partial charge in [0.25, 0.3) is 0 Å². The molecule has 0 fully saturated rings. The zero-order valence-electron chi connectivity index (χ0n) is 18.4. The number of aromatic hydroxyl groups is 1. The summed E-state index contributed by atoms with van der Waals surface area (Å²) < 4.78 is 7.58. The smallest absolute Gasteiger partial charge is 0.337 e. The summed E-state index contributed by atoms with van der Waals surface area (Å²) in [6, 6.07) is 18.2. The van der Waals surface area contributed by atoms with Gasteiger partial charge in [0.1, 0.15) is 5.75 Å². The molecule has 1 unspecified atom stereocenters. The highest BCUT2D eigenvalue weighted by atomic mass is 16.5. The van der Waals surface area contributed by atoms with Gasteiger partial charge in [-0.1, -0.05) is 42.5 Å². The molecular formula is C25H25N3O4. The van der Waals surface area contributed by atoms with Crippen LogP contribution in [0.1, 0.15) is 38.1 Å². The summed E-state index contributed by atoms with van der Waals surface area (Å²) in [6.07, 6.45) is -1.27. The van der Waals surface area contributed by atoms with Gasteiger partial charge in [-0.2, -0.15) is 5.10 Å². The number of ether oxygens (including phenoxy) is 1. The number of carbonyl (C=O) groups is 1. The predicted octanol–water partition coefficient (Wildman–Crippen LogP) is 5.02. The SMILES string of the molecule is Cc1nc2cc(-c3ccccc3)nn2c(-c2cccc(O)c2)c1C(OC(C)(C)C)C(=O)O. The lowest BCUT2D eigenvalue weighted by molar-refractivity contribution is -0.160. The van der Waals surface area contributed by atoms with E-state index < -0.39 is 17.7 Å². The molecule has 32 heavy (non-hydrogen) atoms. The van der Waals surface area contributed by atoms with E-state index in [0.29, 0.717) is 33.9 Å². The van der Waals surface area contributed by atoms with Crippen LogP contribution >= 0.6 is 0 Å². The van der Waals surface area contributed by atoms with E-state index >= 15 is 0 Å². The highest BCUT2D eigenvalue weighted by Gasteiger charge is 2.33. The van der Waals surface area contributed by atoms with Crippen LogP contribution in [0, 0.1) is 6.92 Å². The molecular weight excluding hydrogens is 406 g/mol. The predicted molar refractivity (Wildman–Crippen MR) is 121 cm³/mol. The molecule has 0 radical (unpaired) electrons. The van der Waals surface area contributed by atoms with Gasteiger partial charge >= 0.3 is 5.97 Å². The standard InChI is InChI=1S/C25H25N3O4/c1-15-21(23(24(30)31)32-25(2,3)4)22(17-11-8-12-18(29)13-17)28-20(26-15)14-19(27-28)16-9-6-5-7-10-16/h5-14,23,29H,1-4H3,(H,30,31). The Kier molecular flexibility index (Phi) is 5.44. The molecule has 0 spiro atoms. The molecule has 2 heterocycles. The van der Waals surface area contributed by atoms with Gasteiger partial charge in [-0.3, -0.25) is 0 Å². The van der Waals surface area contributed by atoms with E-state index in [9.17, 15) is 15.0 Å². The molecule has 0 aliphatic carbocycles. The summed E-state index contributed by atoms with van der Waals surface area (Å²) in [5.74, 6) is -1.06. The van der Waals surface area contributed by atoms with Gasteiger partial charge in [0.2, 0.25) is 0 Å². The number of carboxylic acids is 1. The minimum Gasteiger partial charge on any atom is -0.508 e. The molecule has 2 aromatic heterocycles. The number of aliphatic carboxylic acids is 1. The molecule has 4 aromatic rings. The molecule has 7 heteroatoms. The maximum absolute atomic E-state index is 12.3. The number of carboxylic acid groups (broad SMARTS) is 1. The van der Waals surface area contributed by atoms with Crippen molar-refractivity contribution in [1.82, 2.24) is 14.6 Å². The van der Waals surface area contributed by atoms with E-state index in [1.54, 1.807) is 56.5 Å². The van der Waals surface area contributed by atoms with E-state index in [1.165, 1.54) is 0 Å². The number of rotatable bonds is 5. The van der Waals surface area contributed by atoms with Crippen molar-refractivity contribution in [3.05, 3.63) is 71.9 Å². The second-order valence-electron chi connectivity index (χ2n) is 8.62. The summed E-state index contributed by atoms with van der Waals surface area (Å²) >= 11 is 0. The van der Waals surface area contributed by atoms with Crippen LogP contribution in [0.4, 0.5) is 0 Å². The van der Waals surface area contributed by atoms with Gasteiger partial charge < -0.3 is 14.9 Å². The first-order chi connectivity index (χ1) is 15.1. The van der Waals surface area contributed by atoms with Crippen molar-refractivity contribution < 1.29 is 19.7 Å². The van der Waals surface area contributed by atoms with Crippen LogP contribution in [0.25, 0.3) is 28.2 Å². The van der Waals surface area contributed by atoms with Gasteiger partial charge in [-0.05, 0) is 39.8 Å². The normalized spacial score (nSPS) is 12.8. The molecule has 1 atom stereocenters. The Morgan fingerprint density at radius 1 is 1.03 bits per heavy atom. The van der Waals surface area contributed by atoms with E-state index in [1.807, 2.05) is 36.4 Å². The summed E-state index contributed by atoms with van der Waals surface area (Å²) in [7, 11) is 0. The summed E-state index contributed by atoms with van der Waals surface area (Å²) in [5.41, 5.74) is 3.53. The zero-order chi connectivity index (χ0) is 23.0. The number of nitrogens with zero attached hydrogens (tertiary/aromatic N) is 3. The summed E-state index contributed by atoms with van der Waals surface area (Å²) in [5, 5.41) is 24.9. The van der Waals surface area contributed by atoms with Crippen LogP contribution in [0.2, 0.25) is 0 Å². The lowest BCUT2D eigenvalue weighted by Gasteiger charge is -2.27. The number of hydrogen-bond donors (Lipinski definition) is 2. The lowest BCUT2D eigenvalue weighted by atomic mass is 9.98. The number of benzene rings is 2. The first kappa shape index (κ1) is 21.5. The van der Waals surface area contributed by atoms with Crippen LogP contribution in [0.5, 0.6) is 5.75 Å². The third-order valence-electron chi connectivity index (χ3n) is 4.98. The van der Waals surface area contributed by atoms with Crippen molar-refractivity contribution in [3.8, 4) is 28.3 Å². The Morgan fingerprint density at radius 2 is 1.72 bits per heavy atom. The fourth-order valence-corrected chi connectivity index (χ4v) is 3.71. The summed E-state index contributed by atoms with van der Waals surface area (Å²) in [4.78, 5) is 17.0. The molecule has 0 saturated carbocycles. The lowest BCUT2D eigenvalue weighted by Crippen LogP contribution is -2.29. The number of hydrogen-bond acceptors (Lipinski definition) is 5. The molecule has 0 saturated heterocycles. The average molecular weight is 431 g/mol. The molecule has 2 aromatic carbocycles. The molecule has 0 amide bonds. The second kappa shape index (κ2) is 8.09. The Balaban J connectivity index is 2.05. The molecule has 164 valence electrons. The Bertz CT molecular complexity index is 1290. The number of fused-ring (bicyclic) bond motifs is 1. The highest BCUT2D eigenvalue weighted by Crippen LogP contribution is 2.37. The van der Waals surface area contributed by atoms with Gasteiger partial charge in [0, 0.05) is 28.5 Å². The Labute approximate surface area is 185 Å². The topological polar surface area (TPSA) is 97.0 Å². The maximum atomic E-state index is 12.3. The highest BCUT2D eigenvalue weighted by molar-refractivity contribution is 5.81. The van der Waals surface area contributed by atoms with Crippen LogP contribution in [0.15, 0.2) is 60.7 Å². The van der Waals surface area contributed by atoms with Crippen LogP contribution in [0.3, 0.4) is 0 Å². The first-order valence-electron chi connectivity index (χ1n) is 10.3. The minimum absolute atomic E-state index is 0.0649. The monoisotopic (exact) mass is 431 g/mol. The van der Waals surface area contributed by atoms with Crippen molar-refractivity contribution in [1.29, 1.82) is 0 Å². The van der Waals surface area contributed by atoms with Crippen molar-refractivity contribution in [2.24, 2.45) is 0 Å². The van der Waals surface area contributed by atoms with Crippen molar-refractivity contribution in [2.45, 2.75) is 39.4 Å². The molecule has 0 aliphatic heterocycles. The van der Waals surface area contributed by atoms with Crippen molar-refractivity contribution >= 4 is 11.6 Å². The Morgan fingerprint density at radius 3 is 2.34 bits per heavy atom. The molecule has 7 nitrogen and oxygen atoms in total. The van der Waals surface area contributed by atoms with Crippen LogP contribution < -0.4 is 0 Å². The Hall–Kier alpha value is -3.71. The third kappa shape index (κ3) is 4.20. The number of phenolic OH excluding ortho intramolecular Hbond substituents is 1. The third-order valence-corrected chi connectivity index (χ3v) is 4.98. The minimum atomic E-state index is -1.27. The van der Waals surface area contributed by atoms with E-state index in [0.717, 1.165) is 5.56 Å². The number of phenols is 1. The molecule has 4 rings (SSSR count). The molecule has 2 N–H and O–H groups in total.